The number of nitrogens with zero attached hydrogens (tertiary/aromatic N) is 1. The number of carbonyl (C=O) groups excluding carboxylic acids is 2. The number of hydrogen-bond acceptors (Lipinski definition) is 9. The molecule has 2 aliphatic rings. The van der Waals surface area contributed by atoms with E-state index < -0.39 is 36.1 Å². The molecule has 1 saturated heterocycles. The summed E-state index contributed by atoms with van der Waals surface area (Å²) in [6.45, 7) is 7.74. The maximum atomic E-state index is 12.2. The predicted octanol–water partition coefficient (Wildman–Crippen LogP) is 8.45. The molecule has 0 spiro atoms. The summed E-state index contributed by atoms with van der Waals surface area (Å²) in [6, 6.07) is 39.2. The van der Waals surface area contributed by atoms with E-state index in [0.29, 0.717) is 0 Å². The number of rotatable bonds is 13. The van der Waals surface area contributed by atoms with Crippen molar-refractivity contribution in [2.75, 3.05) is 26.2 Å². The molecule has 0 radical (unpaired) electrons. The summed E-state index contributed by atoms with van der Waals surface area (Å²) >= 11 is 0. The minimum atomic E-state index is -2.22. The van der Waals surface area contributed by atoms with E-state index in [2.05, 4.69) is 71.6 Å². The van der Waals surface area contributed by atoms with Crippen LogP contribution in [0.5, 0.6) is 11.5 Å². The van der Waals surface area contributed by atoms with E-state index in [1.54, 1.807) is 38.1 Å². The molecule has 7 rings (SSSR count). The lowest BCUT2D eigenvalue weighted by Crippen LogP contribution is -2.45. The lowest BCUT2D eigenvalue weighted by Gasteiger charge is -2.28. The lowest BCUT2D eigenvalue weighted by atomic mass is 9.91. The molecule has 2 aliphatic heterocycles. The van der Waals surface area contributed by atoms with E-state index in [1.807, 2.05) is 18.2 Å². The van der Waals surface area contributed by atoms with Gasteiger partial charge in [-0.15, -0.1) is 0 Å². The summed E-state index contributed by atoms with van der Waals surface area (Å²) in [4.78, 5) is 49.8. The molecule has 0 amide bonds. The Morgan fingerprint density at radius 3 is 1.73 bits per heavy atom. The highest BCUT2D eigenvalue weighted by molar-refractivity contribution is 5.95. The number of aryl methyl sites for hydroxylation is 2. The van der Waals surface area contributed by atoms with Crippen molar-refractivity contribution in [3.05, 3.63) is 166 Å². The Hall–Kier alpha value is -6.72. The van der Waals surface area contributed by atoms with Crippen LogP contribution in [0.4, 0.5) is 0 Å². The van der Waals surface area contributed by atoms with Crippen LogP contribution < -0.4 is 9.47 Å². The van der Waals surface area contributed by atoms with Crippen LogP contribution in [0, 0.1) is 13.8 Å². The average Bonchev–Trinajstić information content (AvgIpc) is 3.25. The van der Waals surface area contributed by atoms with E-state index in [9.17, 15) is 29.4 Å². The van der Waals surface area contributed by atoms with Crippen LogP contribution >= 0.6 is 0 Å². The summed E-state index contributed by atoms with van der Waals surface area (Å²) in [6.07, 6.45) is 1.67. The van der Waals surface area contributed by atoms with Gasteiger partial charge in [0, 0.05) is 17.7 Å². The fourth-order valence-electron chi connectivity index (χ4n) is 6.70. The Kier molecular flexibility index (Phi) is 14.3. The van der Waals surface area contributed by atoms with Crippen LogP contribution in [0.15, 0.2) is 127 Å². The van der Waals surface area contributed by atoms with Crippen LogP contribution in [-0.2, 0) is 19.1 Å². The van der Waals surface area contributed by atoms with Crippen LogP contribution in [-0.4, -0.2) is 77.4 Å². The number of carboxylic acid groups (broad SMARTS) is 2. The van der Waals surface area contributed by atoms with Crippen LogP contribution in [0.1, 0.15) is 73.9 Å². The standard InChI is InChI=1S/C28H29NO2.C20H18O8/c1-3-9-22(10-4-1)26-21-24-11-5-6-12-27(24)31-28(26)23-13-15-25(16-14-23)30-20-19-29-17-7-2-8-18-29;1-11-3-7-13(8-4-11)19(25)27-15(17(21)22)16(18(23)24)28-20(26)14-9-5-12(2)6-10-14/h1,3-6,9-16,21,28H,2,7-8,17-20H2;3-10,15-16H,1-2H3,(H,21,22)(H,23,24)/t;15-,16-/m.0/s1. The Balaban J connectivity index is 0.000000200. The molecule has 59 heavy (non-hydrogen) atoms. The van der Waals surface area contributed by atoms with Crippen molar-refractivity contribution in [2.24, 2.45) is 0 Å². The first-order valence-electron chi connectivity index (χ1n) is 19.5. The van der Waals surface area contributed by atoms with Gasteiger partial charge in [0.05, 0.1) is 11.1 Å². The molecule has 5 aromatic rings. The van der Waals surface area contributed by atoms with Gasteiger partial charge >= 0.3 is 23.9 Å². The third kappa shape index (κ3) is 11.5. The summed E-state index contributed by atoms with van der Waals surface area (Å²) in [5.74, 6) is -3.78. The Morgan fingerprint density at radius 2 is 1.19 bits per heavy atom. The Labute approximate surface area is 343 Å². The monoisotopic (exact) mass is 797 g/mol. The smallest absolute Gasteiger partial charge is 0.349 e. The zero-order chi connectivity index (χ0) is 41.7. The second-order valence-electron chi connectivity index (χ2n) is 14.4. The number of aliphatic carboxylic acids is 2. The number of carboxylic acids is 2. The zero-order valence-electron chi connectivity index (χ0n) is 33.0. The molecule has 1 fully saturated rings. The third-order valence-corrected chi connectivity index (χ3v) is 9.98. The number of carbonyl (C=O) groups is 4. The van der Waals surface area contributed by atoms with Gasteiger partial charge in [0.25, 0.3) is 0 Å². The van der Waals surface area contributed by atoms with Crippen molar-refractivity contribution in [3.63, 3.8) is 0 Å². The van der Waals surface area contributed by atoms with E-state index in [0.717, 1.165) is 46.9 Å². The molecule has 3 atom stereocenters. The van der Waals surface area contributed by atoms with Gasteiger partial charge < -0.3 is 29.2 Å². The molecule has 1 unspecified atom stereocenters. The fraction of sp³-hybridized carbons (Fsp3) is 0.250. The largest absolute Gasteiger partial charge is 0.492 e. The summed E-state index contributed by atoms with van der Waals surface area (Å²) in [5, 5.41) is 18.6. The molecule has 2 N–H and O–H groups in total. The average molecular weight is 798 g/mol. The van der Waals surface area contributed by atoms with Crippen molar-refractivity contribution < 1.29 is 48.3 Å². The third-order valence-electron chi connectivity index (χ3n) is 9.98. The van der Waals surface area contributed by atoms with Gasteiger partial charge in [-0.3, -0.25) is 4.90 Å². The number of ether oxygens (including phenoxy) is 4. The maximum absolute atomic E-state index is 12.2. The van der Waals surface area contributed by atoms with E-state index in [1.165, 1.54) is 67.8 Å². The highest BCUT2D eigenvalue weighted by atomic mass is 16.6. The topological polar surface area (TPSA) is 149 Å². The van der Waals surface area contributed by atoms with E-state index in [4.69, 9.17) is 18.9 Å². The highest BCUT2D eigenvalue weighted by Crippen LogP contribution is 2.42. The first kappa shape index (κ1) is 41.9. The first-order valence-corrected chi connectivity index (χ1v) is 19.5. The number of benzene rings is 5. The molecule has 0 aromatic heterocycles. The molecule has 5 aromatic carbocycles. The van der Waals surface area contributed by atoms with Gasteiger partial charge in [0.2, 0.25) is 12.2 Å². The molecule has 0 bridgehead atoms. The van der Waals surface area contributed by atoms with Crippen molar-refractivity contribution in [1.82, 2.24) is 4.90 Å². The SMILES string of the molecule is C1=C(c2ccccc2)C(c2ccc(OCCN3CCCCC3)cc2)Oc2ccccc21.Cc1ccc(C(=O)O[C@H](C(=O)O)[C@H](OC(=O)c2ccc(C)cc2)C(=O)O)cc1. The second kappa shape index (κ2) is 20.1. The van der Waals surface area contributed by atoms with Crippen molar-refractivity contribution in [3.8, 4) is 11.5 Å². The molecular weight excluding hydrogens is 751 g/mol. The number of fused-ring (bicyclic) bond motifs is 1. The lowest BCUT2D eigenvalue weighted by molar-refractivity contribution is -0.166. The van der Waals surface area contributed by atoms with Crippen LogP contribution in [0.25, 0.3) is 11.6 Å². The number of esters is 2. The van der Waals surface area contributed by atoms with Crippen LogP contribution in [0.2, 0.25) is 0 Å². The summed E-state index contributed by atoms with van der Waals surface area (Å²) in [7, 11) is 0. The molecule has 11 nitrogen and oxygen atoms in total. The highest BCUT2D eigenvalue weighted by Gasteiger charge is 2.41. The van der Waals surface area contributed by atoms with Gasteiger partial charge in [0.1, 0.15) is 24.2 Å². The summed E-state index contributed by atoms with van der Waals surface area (Å²) < 4.78 is 22.1. The number of para-hydroxylation sites is 1. The molecule has 304 valence electrons. The van der Waals surface area contributed by atoms with Crippen molar-refractivity contribution in [2.45, 2.75) is 51.4 Å². The second-order valence-corrected chi connectivity index (χ2v) is 14.4. The fourth-order valence-corrected chi connectivity index (χ4v) is 6.70. The predicted molar refractivity (Wildman–Crippen MR) is 222 cm³/mol. The number of piperidine rings is 1. The van der Waals surface area contributed by atoms with Gasteiger partial charge in [-0.05, 0) is 99.4 Å². The minimum Gasteiger partial charge on any atom is -0.492 e. The Morgan fingerprint density at radius 1 is 0.661 bits per heavy atom. The quantitative estimate of drug-likeness (QED) is 0.111. The molecule has 0 saturated carbocycles. The van der Waals surface area contributed by atoms with Crippen molar-refractivity contribution >= 4 is 35.5 Å². The van der Waals surface area contributed by atoms with Crippen LogP contribution in [0.3, 0.4) is 0 Å². The maximum Gasteiger partial charge on any atom is 0.349 e. The first-order chi connectivity index (χ1) is 28.5. The minimum absolute atomic E-state index is 0.0332. The van der Waals surface area contributed by atoms with E-state index in [-0.39, 0.29) is 17.2 Å². The number of likely N-dealkylation sites (tertiary alicyclic amines) is 1. The van der Waals surface area contributed by atoms with Gasteiger partial charge in [-0.1, -0.05) is 102 Å². The molecular formula is C48H47NO10. The van der Waals surface area contributed by atoms with Gasteiger partial charge in [0.15, 0.2) is 0 Å². The molecule has 0 aliphatic carbocycles. The Bertz CT molecular complexity index is 2150. The normalized spacial score (nSPS) is 15.7. The van der Waals surface area contributed by atoms with Crippen molar-refractivity contribution in [1.29, 1.82) is 0 Å². The number of hydrogen-bond donors (Lipinski definition) is 2. The van der Waals surface area contributed by atoms with E-state index >= 15 is 0 Å². The summed E-state index contributed by atoms with van der Waals surface area (Å²) in [5.41, 5.74) is 6.41. The van der Waals surface area contributed by atoms with Gasteiger partial charge in [-0.25, -0.2) is 19.2 Å². The molecule has 2 heterocycles. The zero-order valence-corrected chi connectivity index (χ0v) is 33.0. The molecule has 11 heteroatoms. The van der Waals surface area contributed by atoms with Gasteiger partial charge in [-0.2, -0.15) is 0 Å².